The van der Waals surface area contributed by atoms with Gasteiger partial charge < -0.3 is 4.42 Å². The number of aryl methyl sites for hydroxylation is 2. The average molecular weight is 457 g/mol. The average Bonchev–Trinajstić information content (AvgIpc) is 3.41. The van der Waals surface area contributed by atoms with E-state index in [4.69, 9.17) is 4.42 Å². The van der Waals surface area contributed by atoms with Gasteiger partial charge in [0.25, 0.3) is 0 Å². The summed E-state index contributed by atoms with van der Waals surface area (Å²) in [6.07, 6.45) is 2.04. The Morgan fingerprint density at radius 2 is 1.34 bits per heavy atom. The van der Waals surface area contributed by atoms with Gasteiger partial charge in [0.05, 0.1) is 5.56 Å². The Bertz CT molecular complexity index is 1750. The van der Waals surface area contributed by atoms with Crippen LogP contribution in [-0.4, -0.2) is 0 Å². The molecule has 4 aromatic carbocycles. The summed E-state index contributed by atoms with van der Waals surface area (Å²) >= 11 is 0. The molecule has 0 aliphatic heterocycles. The highest BCUT2D eigenvalue weighted by Crippen LogP contribution is 2.51. The fourth-order valence-electron chi connectivity index (χ4n) is 5.84. The molecular formula is C32H23FNO+. The van der Waals surface area contributed by atoms with Crippen molar-refractivity contribution in [1.82, 2.24) is 0 Å². The Kier molecular flexibility index (Phi) is 4.25. The summed E-state index contributed by atoms with van der Waals surface area (Å²) in [6, 6.07) is 30.5. The molecule has 1 aliphatic rings. The van der Waals surface area contributed by atoms with Crippen molar-refractivity contribution in [3.63, 3.8) is 0 Å². The molecule has 0 N–H and O–H groups in total. The first-order valence-corrected chi connectivity index (χ1v) is 11.9. The second-order valence-corrected chi connectivity index (χ2v) is 9.38. The molecule has 1 aliphatic carbocycles. The molecule has 0 fully saturated rings. The van der Waals surface area contributed by atoms with E-state index in [1.807, 2.05) is 55.7 Å². The molecule has 0 spiro atoms. The maximum Gasteiger partial charge on any atom is 0.216 e. The SMILES string of the molecule is Cc1ccc2c(oc3c(C4c5ccccc5-c5ccccc54)c(F)ccc32)c1-c1cccc[n+]1C. The third kappa shape index (κ3) is 2.78. The highest BCUT2D eigenvalue weighted by molar-refractivity contribution is 6.11. The highest BCUT2D eigenvalue weighted by Gasteiger charge is 2.34. The number of halogens is 1. The topological polar surface area (TPSA) is 17.0 Å². The van der Waals surface area contributed by atoms with Crippen LogP contribution in [0.15, 0.2) is 102 Å². The number of nitrogens with zero attached hydrogens (tertiary/aromatic N) is 1. The summed E-state index contributed by atoms with van der Waals surface area (Å²) in [7, 11) is 2.04. The molecule has 0 unspecified atom stereocenters. The quantitative estimate of drug-likeness (QED) is 0.244. The summed E-state index contributed by atoms with van der Waals surface area (Å²) in [5.74, 6) is -0.458. The van der Waals surface area contributed by atoms with Crippen molar-refractivity contribution in [2.24, 2.45) is 7.05 Å². The lowest BCUT2D eigenvalue weighted by molar-refractivity contribution is -0.660. The minimum atomic E-state index is -0.239. The lowest BCUT2D eigenvalue weighted by Crippen LogP contribution is -2.30. The number of hydrogen-bond acceptors (Lipinski definition) is 1. The predicted octanol–water partition coefficient (Wildman–Crippen LogP) is 7.69. The van der Waals surface area contributed by atoms with Crippen LogP contribution in [0.2, 0.25) is 0 Å². The van der Waals surface area contributed by atoms with E-state index in [0.29, 0.717) is 11.1 Å². The summed E-state index contributed by atoms with van der Waals surface area (Å²) in [4.78, 5) is 0. The van der Waals surface area contributed by atoms with Crippen LogP contribution in [0.1, 0.15) is 28.2 Å². The molecule has 0 amide bonds. The fourth-order valence-corrected chi connectivity index (χ4v) is 5.84. The summed E-state index contributed by atoms with van der Waals surface area (Å²) in [5, 5.41) is 1.95. The highest BCUT2D eigenvalue weighted by atomic mass is 19.1. The van der Waals surface area contributed by atoms with Gasteiger partial charge in [-0.05, 0) is 52.9 Å². The Morgan fingerprint density at radius 1 is 0.714 bits per heavy atom. The van der Waals surface area contributed by atoms with E-state index in [0.717, 1.165) is 55.4 Å². The van der Waals surface area contributed by atoms with E-state index in [-0.39, 0.29) is 11.7 Å². The van der Waals surface area contributed by atoms with Crippen LogP contribution in [0.25, 0.3) is 44.3 Å². The maximum atomic E-state index is 15.8. The van der Waals surface area contributed by atoms with Gasteiger partial charge in [-0.1, -0.05) is 60.7 Å². The first-order chi connectivity index (χ1) is 17.1. The Labute approximate surface area is 202 Å². The van der Waals surface area contributed by atoms with Gasteiger partial charge in [0.2, 0.25) is 5.69 Å². The van der Waals surface area contributed by atoms with Gasteiger partial charge >= 0.3 is 0 Å². The normalized spacial score (nSPS) is 12.9. The standard InChI is InChI=1S/C32H23FNO/c1-19-14-15-24-25-16-17-26(33)30(32(25)35-31(24)28(19)27-13-7-8-18-34(27)2)29-22-11-5-3-9-20(22)21-10-4-6-12-23(21)29/h3-18,29H,1-2H3/q+1. The van der Waals surface area contributed by atoms with Crippen LogP contribution in [0, 0.1) is 12.7 Å². The van der Waals surface area contributed by atoms with Crippen LogP contribution in [0.3, 0.4) is 0 Å². The largest absolute Gasteiger partial charge is 0.455 e. The molecule has 3 heteroatoms. The molecule has 0 bridgehead atoms. The van der Waals surface area contributed by atoms with Crippen molar-refractivity contribution in [3.05, 3.63) is 125 Å². The van der Waals surface area contributed by atoms with E-state index in [2.05, 4.69) is 54.0 Å². The molecule has 0 saturated carbocycles. The minimum Gasteiger partial charge on any atom is -0.455 e. The number of furan rings is 1. The van der Waals surface area contributed by atoms with E-state index in [9.17, 15) is 0 Å². The van der Waals surface area contributed by atoms with Crippen LogP contribution in [0.5, 0.6) is 0 Å². The van der Waals surface area contributed by atoms with Gasteiger partial charge in [-0.15, -0.1) is 0 Å². The molecule has 35 heavy (non-hydrogen) atoms. The van der Waals surface area contributed by atoms with E-state index in [1.165, 1.54) is 0 Å². The molecule has 2 heterocycles. The maximum absolute atomic E-state index is 15.8. The second-order valence-electron chi connectivity index (χ2n) is 9.38. The predicted molar refractivity (Wildman–Crippen MR) is 138 cm³/mol. The van der Waals surface area contributed by atoms with Gasteiger partial charge in [-0.3, -0.25) is 0 Å². The molecule has 2 nitrogen and oxygen atoms in total. The lowest BCUT2D eigenvalue weighted by Gasteiger charge is -2.15. The zero-order chi connectivity index (χ0) is 23.7. The van der Waals surface area contributed by atoms with E-state index >= 15 is 4.39 Å². The van der Waals surface area contributed by atoms with Crippen molar-refractivity contribution >= 4 is 21.9 Å². The number of fused-ring (bicyclic) bond motifs is 6. The zero-order valence-electron chi connectivity index (χ0n) is 19.5. The molecule has 0 atom stereocenters. The molecule has 7 rings (SSSR count). The van der Waals surface area contributed by atoms with Gasteiger partial charge in [0.1, 0.15) is 24.0 Å². The number of rotatable bonds is 2. The monoisotopic (exact) mass is 456 g/mol. The van der Waals surface area contributed by atoms with Crippen molar-refractivity contribution in [2.45, 2.75) is 12.8 Å². The number of pyridine rings is 1. The molecule has 0 saturated heterocycles. The van der Waals surface area contributed by atoms with Gasteiger partial charge in [-0.25, -0.2) is 8.96 Å². The number of aromatic nitrogens is 1. The molecule has 168 valence electrons. The van der Waals surface area contributed by atoms with Gasteiger partial charge in [0, 0.05) is 34.4 Å². The zero-order valence-corrected chi connectivity index (χ0v) is 19.5. The van der Waals surface area contributed by atoms with Gasteiger partial charge in [-0.2, -0.15) is 0 Å². The number of hydrogen-bond donors (Lipinski definition) is 0. The summed E-state index contributed by atoms with van der Waals surface area (Å²) in [6.45, 7) is 2.10. The lowest BCUT2D eigenvalue weighted by atomic mass is 9.88. The van der Waals surface area contributed by atoms with E-state index in [1.54, 1.807) is 6.07 Å². The fraction of sp³-hybridized carbons (Fsp3) is 0.0938. The third-order valence-corrected chi connectivity index (χ3v) is 7.44. The Morgan fingerprint density at radius 3 is 2.06 bits per heavy atom. The summed E-state index contributed by atoms with van der Waals surface area (Å²) < 4.78 is 24.6. The Hall–Kier alpha value is -4.24. The molecule has 2 aromatic heterocycles. The van der Waals surface area contributed by atoms with Gasteiger partial charge in [0.15, 0.2) is 6.20 Å². The van der Waals surface area contributed by atoms with Crippen molar-refractivity contribution in [2.75, 3.05) is 0 Å². The molecular weight excluding hydrogens is 433 g/mol. The second kappa shape index (κ2) is 7.38. The van der Waals surface area contributed by atoms with Crippen LogP contribution in [-0.2, 0) is 7.05 Å². The van der Waals surface area contributed by atoms with Crippen molar-refractivity contribution in [1.29, 1.82) is 0 Å². The van der Waals surface area contributed by atoms with Crippen LogP contribution >= 0.6 is 0 Å². The van der Waals surface area contributed by atoms with E-state index < -0.39 is 0 Å². The molecule has 0 radical (unpaired) electrons. The first kappa shape index (κ1) is 20.2. The Balaban J connectivity index is 1.58. The van der Waals surface area contributed by atoms with Crippen molar-refractivity contribution in [3.8, 4) is 22.4 Å². The smallest absolute Gasteiger partial charge is 0.216 e. The van der Waals surface area contributed by atoms with Crippen LogP contribution < -0.4 is 4.57 Å². The first-order valence-electron chi connectivity index (χ1n) is 11.9. The molecule has 6 aromatic rings. The minimum absolute atomic E-state index is 0.218. The summed E-state index contributed by atoms with van der Waals surface area (Å²) in [5.41, 5.74) is 9.82. The van der Waals surface area contributed by atoms with Crippen LogP contribution in [0.4, 0.5) is 4.39 Å². The third-order valence-electron chi connectivity index (χ3n) is 7.44. The van der Waals surface area contributed by atoms with Crippen molar-refractivity contribution < 1.29 is 13.4 Å². The number of benzene rings is 4.